The van der Waals surface area contributed by atoms with E-state index < -0.39 is 0 Å². The van der Waals surface area contributed by atoms with E-state index in [-0.39, 0.29) is 11.7 Å². The van der Waals surface area contributed by atoms with Gasteiger partial charge in [0.2, 0.25) is 0 Å². The molecule has 1 aromatic heterocycles. The van der Waals surface area contributed by atoms with Crippen molar-refractivity contribution in [2.24, 2.45) is 0 Å². The van der Waals surface area contributed by atoms with Crippen molar-refractivity contribution in [3.8, 4) is 0 Å². The van der Waals surface area contributed by atoms with Crippen molar-refractivity contribution in [1.82, 2.24) is 9.88 Å². The molecule has 0 bridgehead atoms. The lowest BCUT2D eigenvalue weighted by atomic mass is 10.1. The molecule has 156 valence electrons. The van der Waals surface area contributed by atoms with Gasteiger partial charge in [-0.1, -0.05) is 30.3 Å². The number of carbonyl (C=O) groups is 1. The number of anilines is 1. The highest BCUT2D eigenvalue weighted by atomic mass is 32.2. The zero-order valence-corrected chi connectivity index (χ0v) is 18.5. The van der Waals surface area contributed by atoms with Crippen LogP contribution in [0.1, 0.15) is 31.5 Å². The molecule has 1 amide bonds. The SMILES string of the molecule is Cc1nc(Cc2ccc(F)cc2)sc1C(=O)Nc1ccccc1CN1CCSCC1. The van der Waals surface area contributed by atoms with Gasteiger partial charge in [0.15, 0.2) is 0 Å². The summed E-state index contributed by atoms with van der Waals surface area (Å²) >= 11 is 3.39. The Bertz CT molecular complexity index is 1010. The first-order chi connectivity index (χ1) is 14.6. The third-order valence-corrected chi connectivity index (χ3v) is 7.18. The van der Waals surface area contributed by atoms with Crippen LogP contribution in [0.15, 0.2) is 48.5 Å². The molecule has 3 aromatic rings. The van der Waals surface area contributed by atoms with Crippen LogP contribution in [0.4, 0.5) is 10.1 Å². The molecular weight excluding hydrogens is 417 g/mol. The zero-order valence-electron chi connectivity index (χ0n) is 16.9. The Kier molecular flexibility index (Phi) is 6.82. The van der Waals surface area contributed by atoms with Crippen LogP contribution in [0.25, 0.3) is 0 Å². The van der Waals surface area contributed by atoms with Crippen molar-refractivity contribution in [3.05, 3.63) is 81.1 Å². The predicted octanol–water partition coefficient (Wildman–Crippen LogP) is 4.98. The lowest BCUT2D eigenvalue weighted by Gasteiger charge is -2.27. The number of hydrogen-bond donors (Lipinski definition) is 1. The number of benzene rings is 2. The van der Waals surface area contributed by atoms with Crippen LogP contribution in [0.3, 0.4) is 0 Å². The highest BCUT2D eigenvalue weighted by Crippen LogP contribution is 2.24. The number of amides is 1. The first-order valence-corrected chi connectivity index (χ1v) is 12.0. The van der Waals surface area contributed by atoms with Gasteiger partial charge in [-0.2, -0.15) is 11.8 Å². The second-order valence-electron chi connectivity index (χ2n) is 7.33. The summed E-state index contributed by atoms with van der Waals surface area (Å²) in [6, 6.07) is 14.4. The van der Waals surface area contributed by atoms with E-state index >= 15 is 0 Å². The van der Waals surface area contributed by atoms with Crippen LogP contribution in [0, 0.1) is 12.7 Å². The lowest BCUT2D eigenvalue weighted by molar-refractivity contribution is 0.102. The molecule has 4 nitrogen and oxygen atoms in total. The minimum absolute atomic E-state index is 0.128. The van der Waals surface area contributed by atoms with Crippen molar-refractivity contribution >= 4 is 34.7 Å². The number of aryl methyl sites for hydroxylation is 1. The third kappa shape index (κ3) is 5.28. The maximum atomic E-state index is 13.1. The number of thiazole rings is 1. The lowest BCUT2D eigenvalue weighted by Crippen LogP contribution is -2.32. The van der Waals surface area contributed by atoms with E-state index in [0.29, 0.717) is 11.3 Å². The summed E-state index contributed by atoms with van der Waals surface area (Å²) in [4.78, 5) is 20.6. The Morgan fingerprint density at radius 1 is 1.13 bits per heavy atom. The fraction of sp³-hybridized carbons (Fsp3) is 0.304. The molecule has 4 rings (SSSR count). The molecule has 0 atom stereocenters. The van der Waals surface area contributed by atoms with Crippen molar-refractivity contribution in [2.45, 2.75) is 19.9 Å². The average molecular weight is 442 g/mol. The van der Waals surface area contributed by atoms with Gasteiger partial charge in [-0.25, -0.2) is 9.37 Å². The number of para-hydroxylation sites is 1. The largest absolute Gasteiger partial charge is 0.321 e. The van der Waals surface area contributed by atoms with Crippen molar-refractivity contribution in [3.63, 3.8) is 0 Å². The summed E-state index contributed by atoms with van der Waals surface area (Å²) < 4.78 is 13.1. The molecule has 30 heavy (non-hydrogen) atoms. The Labute approximate surface area is 184 Å². The smallest absolute Gasteiger partial charge is 0.267 e. The maximum Gasteiger partial charge on any atom is 0.267 e. The average Bonchev–Trinajstić information content (AvgIpc) is 3.12. The molecular formula is C23H24FN3OS2. The van der Waals surface area contributed by atoms with E-state index in [2.05, 4.69) is 21.3 Å². The Morgan fingerprint density at radius 2 is 1.87 bits per heavy atom. The van der Waals surface area contributed by atoms with Crippen LogP contribution >= 0.6 is 23.1 Å². The standard InChI is InChI=1S/C23H24FN3OS2/c1-16-22(30-21(25-16)14-17-6-8-19(24)9-7-17)23(28)26-20-5-3-2-4-18(20)15-27-10-12-29-13-11-27/h2-9H,10-15H2,1H3,(H,26,28). The van der Waals surface area contributed by atoms with Crippen LogP contribution in [-0.2, 0) is 13.0 Å². The van der Waals surface area contributed by atoms with E-state index in [1.54, 1.807) is 12.1 Å². The molecule has 7 heteroatoms. The normalized spacial score (nSPS) is 14.6. The van der Waals surface area contributed by atoms with Gasteiger partial charge >= 0.3 is 0 Å². The molecule has 1 fully saturated rings. The van der Waals surface area contributed by atoms with Crippen LogP contribution in [0.5, 0.6) is 0 Å². The molecule has 0 spiro atoms. The molecule has 2 aromatic carbocycles. The Balaban J connectivity index is 1.46. The fourth-order valence-corrected chi connectivity index (χ4v) is 5.45. The zero-order chi connectivity index (χ0) is 20.9. The quantitative estimate of drug-likeness (QED) is 0.586. The van der Waals surface area contributed by atoms with Crippen molar-refractivity contribution in [1.29, 1.82) is 0 Å². The summed E-state index contributed by atoms with van der Waals surface area (Å²) in [6.45, 7) is 4.85. The number of aromatic nitrogens is 1. The fourth-order valence-electron chi connectivity index (χ4n) is 3.47. The molecule has 0 unspecified atom stereocenters. The minimum atomic E-state index is -0.254. The number of nitrogens with zero attached hydrogens (tertiary/aromatic N) is 2. The second kappa shape index (κ2) is 9.73. The Hall–Kier alpha value is -2.22. The number of hydrogen-bond acceptors (Lipinski definition) is 5. The van der Waals surface area contributed by atoms with Gasteiger partial charge < -0.3 is 5.32 Å². The first kappa shape index (κ1) is 21.0. The summed E-state index contributed by atoms with van der Waals surface area (Å²) in [5, 5.41) is 3.94. The van der Waals surface area contributed by atoms with Gasteiger partial charge in [-0.3, -0.25) is 9.69 Å². The van der Waals surface area contributed by atoms with Crippen LogP contribution < -0.4 is 5.32 Å². The van der Waals surface area contributed by atoms with Crippen molar-refractivity contribution < 1.29 is 9.18 Å². The van der Waals surface area contributed by atoms with Gasteiger partial charge in [0.25, 0.3) is 5.91 Å². The highest BCUT2D eigenvalue weighted by molar-refractivity contribution is 7.99. The van der Waals surface area contributed by atoms with Gasteiger partial charge in [-0.15, -0.1) is 11.3 Å². The van der Waals surface area contributed by atoms with Gasteiger partial charge in [0, 0.05) is 43.2 Å². The third-order valence-electron chi connectivity index (χ3n) is 5.08. The monoisotopic (exact) mass is 441 g/mol. The summed E-state index contributed by atoms with van der Waals surface area (Å²) in [7, 11) is 0. The van der Waals surface area contributed by atoms with Crippen LogP contribution in [0.2, 0.25) is 0 Å². The van der Waals surface area contributed by atoms with Crippen LogP contribution in [-0.4, -0.2) is 40.4 Å². The predicted molar refractivity (Wildman–Crippen MR) is 123 cm³/mol. The van der Waals surface area contributed by atoms with E-state index in [9.17, 15) is 9.18 Å². The molecule has 0 aliphatic carbocycles. The second-order valence-corrected chi connectivity index (χ2v) is 9.63. The summed E-state index contributed by atoms with van der Waals surface area (Å²) in [5.41, 5.74) is 3.68. The molecule has 1 aliphatic rings. The molecule has 1 N–H and O–H groups in total. The topological polar surface area (TPSA) is 45.2 Å². The number of carbonyl (C=O) groups excluding carboxylic acids is 1. The molecule has 1 aliphatic heterocycles. The van der Waals surface area contributed by atoms with Gasteiger partial charge in [0.1, 0.15) is 10.7 Å². The number of rotatable bonds is 6. The number of halogens is 1. The number of nitrogens with one attached hydrogen (secondary N) is 1. The molecule has 2 heterocycles. The van der Waals surface area contributed by atoms with Crippen molar-refractivity contribution in [2.75, 3.05) is 29.9 Å². The Morgan fingerprint density at radius 3 is 2.63 bits per heavy atom. The highest BCUT2D eigenvalue weighted by Gasteiger charge is 2.18. The summed E-state index contributed by atoms with van der Waals surface area (Å²) in [5.74, 6) is 1.93. The first-order valence-electron chi connectivity index (χ1n) is 9.98. The van der Waals surface area contributed by atoms with E-state index in [1.807, 2.05) is 36.9 Å². The summed E-state index contributed by atoms with van der Waals surface area (Å²) in [6.07, 6.45) is 0.586. The van der Waals surface area contributed by atoms with Gasteiger partial charge in [0.05, 0.1) is 10.7 Å². The van der Waals surface area contributed by atoms with E-state index in [0.717, 1.165) is 58.7 Å². The molecule has 1 saturated heterocycles. The number of thioether (sulfide) groups is 1. The molecule has 0 saturated carbocycles. The van der Waals surface area contributed by atoms with E-state index in [4.69, 9.17) is 0 Å². The van der Waals surface area contributed by atoms with E-state index in [1.165, 1.54) is 23.5 Å². The molecule has 0 radical (unpaired) electrons. The maximum absolute atomic E-state index is 13.1. The minimum Gasteiger partial charge on any atom is -0.321 e. The van der Waals surface area contributed by atoms with Gasteiger partial charge in [-0.05, 0) is 36.2 Å².